The van der Waals surface area contributed by atoms with Gasteiger partial charge in [0, 0.05) is 48.3 Å². The van der Waals surface area contributed by atoms with Crippen LogP contribution in [-0.2, 0) is 0 Å². The third-order valence-electron chi connectivity index (χ3n) is 6.42. The molecule has 3 aromatic rings. The molecule has 0 spiro atoms. The molecule has 0 bridgehead atoms. The molecule has 3 heterocycles. The number of benzene rings is 2. The summed E-state index contributed by atoms with van der Waals surface area (Å²) < 4.78 is 20.3. The fourth-order valence-corrected chi connectivity index (χ4v) is 4.94. The fraction of sp³-hybridized carbons (Fsp3) is 0.375. The van der Waals surface area contributed by atoms with E-state index in [4.69, 9.17) is 16.3 Å². The van der Waals surface area contributed by atoms with E-state index in [1.54, 1.807) is 12.1 Å². The predicted molar refractivity (Wildman–Crippen MR) is 123 cm³/mol. The van der Waals surface area contributed by atoms with Crippen LogP contribution < -0.4 is 10.1 Å². The van der Waals surface area contributed by atoms with Gasteiger partial charge in [0.15, 0.2) is 0 Å². The van der Waals surface area contributed by atoms with E-state index in [2.05, 4.69) is 15.2 Å². The molecule has 2 saturated heterocycles. The van der Waals surface area contributed by atoms with Crippen LogP contribution in [0.5, 0.6) is 5.75 Å². The Morgan fingerprint density at radius 2 is 2.00 bits per heavy atom. The van der Waals surface area contributed by atoms with Gasteiger partial charge in [-0.2, -0.15) is 0 Å². The van der Waals surface area contributed by atoms with Crippen molar-refractivity contribution < 1.29 is 13.9 Å². The quantitative estimate of drug-likeness (QED) is 0.547. The van der Waals surface area contributed by atoms with Crippen molar-refractivity contribution in [1.29, 1.82) is 0 Å². The minimum atomic E-state index is -0.275. The molecule has 168 valence electrons. The SMILES string of the molecule is O=C1NCCN1CCN1CCCC1C(Oc1c[nH]c2ccc(Cl)cc12)c1ccc(F)cc1. The van der Waals surface area contributed by atoms with Crippen LogP contribution in [0.1, 0.15) is 24.5 Å². The molecule has 0 saturated carbocycles. The van der Waals surface area contributed by atoms with E-state index in [0.717, 1.165) is 54.7 Å². The van der Waals surface area contributed by atoms with Gasteiger partial charge in [-0.15, -0.1) is 0 Å². The first kappa shape index (κ1) is 21.1. The van der Waals surface area contributed by atoms with E-state index in [9.17, 15) is 9.18 Å². The minimum absolute atomic E-state index is 0.00255. The zero-order valence-corrected chi connectivity index (χ0v) is 18.4. The maximum Gasteiger partial charge on any atom is 0.317 e. The van der Waals surface area contributed by atoms with Crippen molar-refractivity contribution in [2.75, 3.05) is 32.7 Å². The van der Waals surface area contributed by atoms with Crippen LogP contribution in [0.3, 0.4) is 0 Å². The summed E-state index contributed by atoms with van der Waals surface area (Å²) in [5, 5.41) is 4.42. The van der Waals surface area contributed by atoms with Crippen LogP contribution in [0.15, 0.2) is 48.7 Å². The summed E-state index contributed by atoms with van der Waals surface area (Å²) in [7, 11) is 0. The molecule has 2 fully saturated rings. The number of carbonyl (C=O) groups is 1. The summed E-state index contributed by atoms with van der Waals surface area (Å²) in [4.78, 5) is 19.4. The van der Waals surface area contributed by atoms with Crippen molar-refractivity contribution >= 4 is 28.5 Å². The van der Waals surface area contributed by atoms with Crippen molar-refractivity contribution in [2.24, 2.45) is 0 Å². The smallest absolute Gasteiger partial charge is 0.317 e. The second-order valence-electron chi connectivity index (χ2n) is 8.40. The summed E-state index contributed by atoms with van der Waals surface area (Å²) in [6, 6.07) is 12.3. The number of carbonyl (C=O) groups excluding carboxylic acids is 1. The first-order valence-electron chi connectivity index (χ1n) is 11.0. The summed E-state index contributed by atoms with van der Waals surface area (Å²) in [6.07, 6.45) is 3.60. The maximum absolute atomic E-state index is 13.6. The Bertz CT molecular complexity index is 1100. The number of nitrogens with one attached hydrogen (secondary N) is 2. The molecule has 2 aliphatic rings. The minimum Gasteiger partial charge on any atom is -0.482 e. The molecule has 2 aromatic carbocycles. The van der Waals surface area contributed by atoms with Crippen molar-refractivity contribution in [3.8, 4) is 5.75 Å². The standard InChI is InChI=1S/C24H26ClFN4O2/c25-17-5-8-20-19(14-17)22(15-28-20)32-23(16-3-6-18(26)7-4-16)21-2-1-10-29(21)12-13-30-11-9-27-24(30)31/h3-8,14-15,21,23,28H,1-2,9-13H2,(H,27,31). The van der Waals surface area contributed by atoms with Gasteiger partial charge in [-0.25, -0.2) is 9.18 Å². The molecule has 2 amide bonds. The molecule has 32 heavy (non-hydrogen) atoms. The molecular formula is C24H26ClFN4O2. The molecule has 2 N–H and O–H groups in total. The summed E-state index contributed by atoms with van der Waals surface area (Å²) in [5.74, 6) is 0.456. The van der Waals surface area contributed by atoms with E-state index < -0.39 is 0 Å². The highest BCUT2D eigenvalue weighted by Crippen LogP contribution is 2.37. The van der Waals surface area contributed by atoms with E-state index in [-0.39, 0.29) is 24.0 Å². The molecule has 5 rings (SSSR count). The van der Waals surface area contributed by atoms with E-state index in [1.165, 1.54) is 12.1 Å². The summed E-state index contributed by atoms with van der Waals surface area (Å²) in [5.41, 5.74) is 1.88. The number of hydrogen-bond acceptors (Lipinski definition) is 3. The van der Waals surface area contributed by atoms with Gasteiger partial charge >= 0.3 is 6.03 Å². The van der Waals surface area contributed by atoms with Gasteiger partial charge in [0.25, 0.3) is 0 Å². The Balaban J connectivity index is 1.41. The molecular weight excluding hydrogens is 431 g/mol. The Kier molecular flexibility index (Phi) is 5.93. The van der Waals surface area contributed by atoms with E-state index in [0.29, 0.717) is 18.1 Å². The number of fused-ring (bicyclic) bond motifs is 1. The van der Waals surface area contributed by atoms with Crippen LogP contribution in [-0.4, -0.2) is 59.6 Å². The molecule has 6 nitrogen and oxygen atoms in total. The number of H-pyrrole nitrogens is 1. The lowest BCUT2D eigenvalue weighted by molar-refractivity contribution is 0.0891. The Morgan fingerprint density at radius 1 is 1.16 bits per heavy atom. The number of halogens is 2. The highest BCUT2D eigenvalue weighted by Gasteiger charge is 2.35. The maximum atomic E-state index is 13.6. The number of amides is 2. The Labute approximate surface area is 191 Å². The lowest BCUT2D eigenvalue weighted by Crippen LogP contribution is -2.42. The third-order valence-corrected chi connectivity index (χ3v) is 6.66. The highest BCUT2D eigenvalue weighted by atomic mass is 35.5. The zero-order chi connectivity index (χ0) is 22.1. The first-order valence-corrected chi connectivity index (χ1v) is 11.4. The molecule has 2 unspecified atom stereocenters. The van der Waals surface area contributed by atoms with Crippen LogP contribution >= 0.6 is 11.6 Å². The molecule has 1 aromatic heterocycles. The highest BCUT2D eigenvalue weighted by molar-refractivity contribution is 6.31. The van der Waals surface area contributed by atoms with Crippen LogP contribution in [0.4, 0.5) is 9.18 Å². The lowest BCUT2D eigenvalue weighted by Gasteiger charge is -2.33. The Hall–Kier alpha value is -2.77. The normalized spacial score (nSPS) is 20.1. The largest absolute Gasteiger partial charge is 0.482 e. The average molecular weight is 457 g/mol. The van der Waals surface area contributed by atoms with Crippen molar-refractivity contribution in [3.63, 3.8) is 0 Å². The number of hydrogen-bond donors (Lipinski definition) is 2. The van der Waals surface area contributed by atoms with Crippen molar-refractivity contribution in [1.82, 2.24) is 20.1 Å². The zero-order valence-electron chi connectivity index (χ0n) is 17.7. The van der Waals surface area contributed by atoms with Gasteiger partial charge < -0.3 is 19.9 Å². The third kappa shape index (κ3) is 4.27. The lowest BCUT2D eigenvalue weighted by atomic mass is 9.99. The predicted octanol–water partition coefficient (Wildman–Crippen LogP) is 4.57. The Morgan fingerprint density at radius 3 is 2.78 bits per heavy atom. The number of urea groups is 1. The van der Waals surface area contributed by atoms with Gasteiger partial charge in [-0.05, 0) is 55.3 Å². The van der Waals surface area contributed by atoms with Crippen LogP contribution in [0.2, 0.25) is 5.02 Å². The van der Waals surface area contributed by atoms with Crippen LogP contribution in [0, 0.1) is 5.82 Å². The molecule has 2 atom stereocenters. The number of rotatable bonds is 7. The second kappa shape index (κ2) is 9.00. The first-order chi connectivity index (χ1) is 15.6. The summed E-state index contributed by atoms with van der Waals surface area (Å²) >= 11 is 6.23. The number of ether oxygens (including phenoxy) is 1. The number of likely N-dealkylation sites (tertiary alicyclic amines) is 1. The molecule has 0 radical (unpaired) electrons. The van der Waals surface area contributed by atoms with Crippen molar-refractivity contribution in [3.05, 3.63) is 65.1 Å². The monoisotopic (exact) mass is 456 g/mol. The molecule has 0 aliphatic carbocycles. The summed E-state index contributed by atoms with van der Waals surface area (Å²) in [6.45, 7) is 3.85. The van der Waals surface area contributed by atoms with Crippen molar-refractivity contribution in [2.45, 2.75) is 25.0 Å². The number of aromatic nitrogens is 1. The second-order valence-corrected chi connectivity index (χ2v) is 8.83. The van der Waals surface area contributed by atoms with Gasteiger partial charge in [-0.3, -0.25) is 4.90 Å². The number of aromatic amines is 1. The van der Waals surface area contributed by atoms with E-state index >= 15 is 0 Å². The molecule has 2 aliphatic heterocycles. The van der Waals surface area contributed by atoms with E-state index in [1.807, 2.05) is 29.3 Å². The fourth-order valence-electron chi connectivity index (χ4n) is 4.77. The van der Waals surface area contributed by atoms with Gasteiger partial charge in [0.2, 0.25) is 0 Å². The average Bonchev–Trinajstić information content (AvgIpc) is 3.51. The van der Waals surface area contributed by atoms with Gasteiger partial charge in [-0.1, -0.05) is 23.7 Å². The van der Waals surface area contributed by atoms with Crippen LogP contribution in [0.25, 0.3) is 10.9 Å². The number of nitrogens with zero attached hydrogens (tertiary/aromatic N) is 2. The van der Waals surface area contributed by atoms with Gasteiger partial charge in [0.05, 0.1) is 6.04 Å². The topological polar surface area (TPSA) is 60.6 Å². The van der Waals surface area contributed by atoms with Gasteiger partial charge in [0.1, 0.15) is 17.7 Å². The molecule has 8 heteroatoms.